The summed E-state index contributed by atoms with van der Waals surface area (Å²) in [4.78, 5) is 11.6. The van der Waals surface area contributed by atoms with Gasteiger partial charge < -0.3 is 5.11 Å². The Labute approximate surface area is 110 Å². The Hall–Kier alpha value is -1.81. The van der Waals surface area contributed by atoms with Crippen LogP contribution in [0.4, 0.5) is 0 Å². The van der Waals surface area contributed by atoms with E-state index in [9.17, 15) is 9.90 Å². The summed E-state index contributed by atoms with van der Waals surface area (Å²) in [5, 5.41) is 13.8. The van der Waals surface area contributed by atoms with Crippen LogP contribution in [0.25, 0.3) is 0 Å². The predicted molar refractivity (Wildman–Crippen MR) is 70.7 cm³/mol. The molecule has 1 aromatic rings. The van der Waals surface area contributed by atoms with Crippen molar-refractivity contribution in [2.45, 2.75) is 12.8 Å². The number of rotatable bonds is 3. The van der Waals surface area contributed by atoms with Crippen LogP contribution in [0.15, 0.2) is 35.5 Å². The highest BCUT2D eigenvalue weighted by Gasteiger charge is 2.27. The number of phenols is 1. The summed E-state index contributed by atoms with van der Waals surface area (Å²) >= 11 is 5.79. The molecule has 1 amide bonds. The topological polar surface area (TPSA) is 61.7 Å². The average Bonchev–Trinajstić information content (AvgIpc) is 2.29. The Morgan fingerprint density at radius 2 is 2.28 bits per heavy atom. The van der Waals surface area contributed by atoms with Gasteiger partial charge in [-0.1, -0.05) is 23.8 Å². The molecule has 0 aliphatic heterocycles. The molecule has 0 spiro atoms. The number of hydrazone groups is 1. The second-order valence-electron chi connectivity index (χ2n) is 4.29. The van der Waals surface area contributed by atoms with Crippen molar-refractivity contribution >= 4 is 23.7 Å². The zero-order chi connectivity index (χ0) is 13.1. The third-order valence-electron chi connectivity index (χ3n) is 2.81. The standard InChI is InChI=1S/C13H13ClN2O2/c1-8-4-9(5-8)13(18)16-15-7-10-6-11(14)2-3-12(10)17/h2-3,6-7,9,17H,1,4-5H2,(H,16,18)/b15-7-. The van der Waals surface area contributed by atoms with Gasteiger partial charge in [0, 0.05) is 16.5 Å². The smallest absolute Gasteiger partial charge is 0.243 e. The minimum Gasteiger partial charge on any atom is -0.507 e. The van der Waals surface area contributed by atoms with Crippen LogP contribution in [0.1, 0.15) is 18.4 Å². The van der Waals surface area contributed by atoms with Crippen LogP contribution in [0.2, 0.25) is 5.02 Å². The lowest BCUT2D eigenvalue weighted by atomic mass is 9.81. The molecular weight excluding hydrogens is 252 g/mol. The van der Waals surface area contributed by atoms with Gasteiger partial charge in [0.1, 0.15) is 5.75 Å². The summed E-state index contributed by atoms with van der Waals surface area (Å²) in [5.41, 5.74) is 3.98. The first kappa shape index (κ1) is 12.6. The Morgan fingerprint density at radius 3 is 2.94 bits per heavy atom. The Bertz CT molecular complexity index is 518. The van der Waals surface area contributed by atoms with E-state index in [0.717, 1.165) is 18.4 Å². The zero-order valence-corrected chi connectivity index (χ0v) is 10.4. The number of hydrogen-bond donors (Lipinski definition) is 2. The van der Waals surface area contributed by atoms with Gasteiger partial charge in [-0.2, -0.15) is 5.10 Å². The monoisotopic (exact) mass is 264 g/mol. The van der Waals surface area contributed by atoms with Crippen molar-refractivity contribution in [1.82, 2.24) is 5.43 Å². The molecule has 1 aliphatic rings. The van der Waals surface area contributed by atoms with Crippen molar-refractivity contribution in [1.29, 1.82) is 0 Å². The molecule has 94 valence electrons. The highest BCUT2D eigenvalue weighted by atomic mass is 35.5. The van der Waals surface area contributed by atoms with E-state index < -0.39 is 0 Å². The van der Waals surface area contributed by atoms with Gasteiger partial charge in [0.05, 0.1) is 6.21 Å². The molecular formula is C13H13ClN2O2. The van der Waals surface area contributed by atoms with E-state index in [0.29, 0.717) is 10.6 Å². The van der Waals surface area contributed by atoms with Gasteiger partial charge in [-0.25, -0.2) is 5.43 Å². The van der Waals surface area contributed by atoms with Gasteiger partial charge in [0.15, 0.2) is 0 Å². The number of carbonyl (C=O) groups excluding carboxylic acids is 1. The van der Waals surface area contributed by atoms with Crippen LogP contribution >= 0.6 is 11.6 Å². The number of hydrogen-bond acceptors (Lipinski definition) is 3. The third kappa shape index (κ3) is 2.90. The first-order valence-electron chi connectivity index (χ1n) is 5.54. The maximum atomic E-state index is 11.6. The first-order chi connectivity index (χ1) is 8.56. The second-order valence-corrected chi connectivity index (χ2v) is 4.73. The highest BCUT2D eigenvalue weighted by Crippen LogP contribution is 2.31. The predicted octanol–water partition coefficient (Wildman–Crippen LogP) is 2.46. The van der Waals surface area contributed by atoms with Gasteiger partial charge in [-0.05, 0) is 31.0 Å². The summed E-state index contributed by atoms with van der Waals surface area (Å²) in [6.07, 6.45) is 2.82. The fourth-order valence-corrected chi connectivity index (χ4v) is 1.89. The number of benzene rings is 1. The molecule has 0 aromatic heterocycles. The van der Waals surface area contributed by atoms with Gasteiger partial charge in [0.25, 0.3) is 0 Å². The SMILES string of the molecule is C=C1CC(C(=O)N/N=C\c2cc(Cl)ccc2O)C1. The van der Waals surface area contributed by atoms with Gasteiger partial charge in [-0.3, -0.25) is 4.79 Å². The molecule has 1 fully saturated rings. The molecule has 5 heteroatoms. The normalized spacial score (nSPS) is 15.7. The van der Waals surface area contributed by atoms with Gasteiger partial charge in [-0.15, -0.1) is 0 Å². The Balaban J connectivity index is 1.93. The fourth-order valence-electron chi connectivity index (χ4n) is 1.71. The molecule has 1 aliphatic carbocycles. The van der Waals surface area contributed by atoms with Crippen LogP contribution < -0.4 is 5.43 Å². The van der Waals surface area contributed by atoms with Crippen molar-refractivity contribution in [2.24, 2.45) is 11.0 Å². The summed E-state index contributed by atoms with van der Waals surface area (Å²) in [7, 11) is 0. The summed E-state index contributed by atoms with van der Waals surface area (Å²) in [5.74, 6) is -0.0859. The maximum absolute atomic E-state index is 11.6. The van der Waals surface area contributed by atoms with E-state index >= 15 is 0 Å². The Morgan fingerprint density at radius 1 is 1.56 bits per heavy atom. The summed E-state index contributed by atoms with van der Waals surface area (Å²) in [6.45, 7) is 3.78. The van der Waals surface area contributed by atoms with Gasteiger partial charge >= 0.3 is 0 Å². The minimum atomic E-state index is -0.125. The lowest BCUT2D eigenvalue weighted by Crippen LogP contribution is -2.32. The lowest BCUT2D eigenvalue weighted by molar-refractivity contribution is -0.126. The molecule has 1 saturated carbocycles. The van der Waals surface area contributed by atoms with Crippen LogP contribution in [-0.2, 0) is 4.79 Å². The van der Waals surface area contributed by atoms with Crippen molar-refractivity contribution in [2.75, 3.05) is 0 Å². The van der Waals surface area contributed by atoms with E-state index in [4.69, 9.17) is 11.6 Å². The van der Waals surface area contributed by atoms with Crippen molar-refractivity contribution in [3.05, 3.63) is 40.9 Å². The molecule has 0 unspecified atom stereocenters. The van der Waals surface area contributed by atoms with E-state index in [-0.39, 0.29) is 17.6 Å². The van der Waals surface area contributed by atoms with Crippen molar-refractivity contribution in [3.63, 3.8) is 0 Å². The number of phenolic OH excluding ortho intramolecular Hbond substituents is 1. The Kier molecular flexibility index (Phi) is 3.67. The van der Waals surface area contributed by atoms with Crippen LogP contribution in [0.3, 0.4) is 0 Å². The van der Waals surface area contributed by atoms with Gasteiger partial charge in [0.2, 0.25) is 5.91 Å². The largest absolute Gasteiger partial charge is 0.507 e. The van der Waals surface area contributed by atoms with E-state index in [2.05, 4.69) is 17.1 Å². The molecule has 2 N–H and O–H groups in total. The number of aromatic hydroxyl groups is 1. The fraction of sp³-hybridized carbons (Fsp3) is 0.231. The van der Waals surface area contributed by atoms with Crippen LogP contribution in [-0.4, -0.2) is 17.2 Å². The number of allylic oxidation sites excluding steroid dienone is 1. The number of nitrogens with zero attached hydrogens (tertiary/aromatic N) is 1. The molecule has 18 heavy (non-hydrogen) atoms. The van der Waals surface area contributed by atoms with Crippen LogP contribution in [0, 0.1) is 5.92 Å². The minimum absolute atomic E-state index is 0.0254. The lowest BCUT2D eigenvalue weighted by Gasteiger charge is -2.25. The molecule has 4 nitrogen and oxygen atoms in total. The van der Waals surface area contributed by atoms with Crippen molar-refractivity contribution < 1.29 is 9.90 Å². The summed E-state index contributed by atoms with van der Waals surface area (Å²) < 4.78 is 0. The quantitative estimate of drug-likeness (QED) is 0.500. The number of halogens is 1. The van der Waals surface area contributed by atoms with E-state index in [1.54, 1.807) is 12.1 Å². The molecule has 2 rings (SSSR count). The third-order valence-corrected chi connectivity index (χ3v) is 3.04. The molecule has 0 saturated heterocycles. The number of amides is 1. The summed E-state index contributed by atoms with van der Waals surface area (Å²) in [6, 6.07) is 4.62. The number of carbonyl (C=O) groups is 1. The molecule has 1 aromatic carbocycles. The molecule has 0 bridgehead atoms. The molecule has 0 radical (unpaired) electrons. The van der Waals surface area contributed by atoms with E-state index in [1.807, 2.05) is 0 Å². The average molecular weight is 265 g/mol. The number of nitrogens with one attached hydrogen (secondary N) is 1. The van der Waals surface area contributed by atoms with Crippen LogP contribution in [0.5, 0.6) is 5.75 Å². The highest BCUT2D eigenvalue weighted by molar-refractivity contribution is 6.30. The second kappa shape index (κ2) is 5.23. The molecule has 0 heterocycles. The molecule has 0 atom stereocenters. The van der Waals surface area contributed by atoms with E-state index in [1.165, 1.54) is 12.3 Å². The zero-order valence-electron chi connectivity index (χ0n) is 9.69. The maximum Gasteiger partial charge on any atom is 0.243 e. The van der Waals surface area contributed by atoms with Crippen molar-refractivity contribution in [3.8, 4) is 5.75 Å². The first-order valence-corrected chi connectivity index (χ1v) is 5.92.